The molecule has 0 atom stereocenters. The fourth-order valence-corrected chi connectivity index (χ4v) is 4.54. The summed E-state index contributed by atoms with van der Waals surface area (Å²) in [6.07, 6.45) is 42.4. The quantitative estimate of drug-likeness (QED) is 0.0238. The molecular weight excluding hydrogens is 1080 g/mol. The molecule has 0 aromatic heterocycles. The molecule has 0 unspecified atom stereocenters. The van der Waals surface area contributed by atoms with E-state index >= 15 is 0 Å². The monoisotopic (exact) mass is 1180 g/mol. The van der Waals surface area contributed by atoms with Gasteiger partial charge in [0.05, 0.1) is 52.9 Å². The van der Waals surface area contributed by atoms with Crippen LogP contribution in [0.25, 0.3) is 0 Å². The molecule has 25 heteroatoms. The van der Waals surface area contributed by atoms with E-state index in [0.717, 1.165) is 51.0 Å². The van der Waals surface area contributed by atoms with E-state index < -0.39 is 17.7 Å². The number of allylic oxidation sites excluding steroid dienone is 15. The van der Waals surface area contributed by atoms with Crippen molar-refractivity contribution in [3.05, 3.63) is 109 Å². The zero-order chi connectivity index (χ0) is 64.6. The first kappa shape index (κ1) is 92.1. The number of carboxylic acid groups (broad SMARTS) is 1. The Morgan fingerprint density at radius 3 is 1.02 bits per heavy atom. The Kier molecular flexibility index (Phi) is 98.2. The second kappa shape index (κ2) is 88.5. The summed E-state index contributed by atoms with van der Waals surface area (Å²) in [5, 5.41) is 18.6. The van der Waals surface area contributed by atoms with Crippen molar-refractivity contribution in [2.45, 2.75) is 105 Å². The Balaban J connectivity index is -0.000000159. The van der Waals surface area contributed by atoms with Gasteiger partial charge in [0.15, 0.2) is 0 Å². The maximum Gasteiger partial charge on any atom is 0.407 e. The molecule has 0 saturated carbocycles. The zero-order valence-electron chi connectivity index (χ0n) is 50.2. The Bertz CT molecular complexity index is 1830. The van der Waals surface area contributed by atoms with Crippen LogP contribution in [0.1, 0.15) is 99.8 Å². The van der Waals surface area contributed by atoms with Crippen LogP contribution in [0.15, 0.2) is 109 Å². The highest BCUT2D eigenvalue weighted by molar-refractivity contribution is 5.87. The van der Waals surface area contributed by atoms with Gasteiger partial charge in [0.25, 0.3) is 0 Å². The summed E-state index contributed by atoms with van der Waals surface area (Å²) >= 11 is 0. The Morgan fingerprint density at radius 2 is 0.735 bits per heavy atom. The van der Waals surface area contributed by atoms with E-state index in [1.807, 2.05) is 26.8 Å². The summed E-state index contributed by atoms with van der Waals surface area (Å²) in [6, 6.07) is 0. The number of alkyl carbamates (subject to hydrolysis) is 1. The van der Waals surface area contributed by atoms with Crippen LogP contribution in [-0.2, 0) is 71.6 Å². The molecule has 0 fully saturated rings. The van der Waals surface area contributed by atoms with Crippen LogP contribution in [0.4, 0.5) is 4.79 Å². The van der Waals surface area contributed by atoms with E-state index in [4.69, 9.17) is 80.5 Å². The standard InChI is InChI=1S/C30H46N2O3.C9H20N2O3.C8H16N2O2.C4H12N2O.C4H6O2.3CO2/c1-3-5-6-7-8-9-10-11-12-13-14-15-16-17-18-19-20-21-22-24-30(34)32-26-28-35-27-25-31-29(33)23-4-2;1-9(2,3)14-8(12)11-5-7-13-6-4-10;1-2-3-8(11)10-5-7-12-6-4-9;5-1-3-7-4-2-6;1-2-3-4(5)6;3*2-1-3/h4-6,8-9,11-12,14-15,17-18,20-21,23H,3,7,10,13,16,19,22,24-28H2,1-2H3,(H,31,33)(H,32,34);4-7,10H2,1-3H3,(H,11,12);2-3H,4-7,9H2,1H3,(H,10,11);1-6H2;2-3H,1H3,(H,5,6);;;/b6-5-,9-8-,12-11-,15-14-,18-17-,21-20-,23-4+;;3-2+;;3-2+;;;. The molecule has 83 heavy (non-hydrogen) atoms. The van der Waals surface area contributed by atoms with Gasteiger partial charge in [0, 0.05) is 64.9 Å². The van der Waals surface area contributed by atoms with Crippen molar-refractivity contribution in [3.8, 4) is 0 Å². The Hall–Kier alpha value is -7.37. The Morgan fingerprint density at radius 1 is 0.446 bits per heavy atom. The van der Waals surface area contributed by atoms with Crippen LogP contribution in [0.3, 0.4) is 0 Å². The van der Waals surface area contributed by atoms with Crippen LogP contribution in [0, 0.1) is 0 Å². The van der Waals surface area contributed by atoms with Gasteiger partial charge in [-0.1, -0.05) is 98.1 Å². The summed E-state index contributed by atoms with van der Waals surface area (Å²) in [6.45, 7) is 21.1. The number of aliphatic carboxylic acids is 1. The van der Waals surface area contributed by atoms with E-state index in [1.54, 1.807) is 32.9 Å². The third kappa shape index (κ3) is 127. The lowest BCUT2D eigenvalue weighted by molar-refractivity contribution is -0.193. The summed E-state index contributed by atoms with van der Waals surface area (Å²) in [5.41, 5.74) is 20.2. The van der Waals surface area contributed by atoms with E-state index in [2.05, 4.69) is 95.0 Å². The summed E-state index contributed by atoms with van der Waals surface area (Å²) in [7, 11) is 0. The van der Waals surface area contributed by atoms with Gasteiger partial charge in [-0.25, -0.2) is 9.59 Å². The van der Waals surface area contributed by atoms with Gasteiger partial charge in [-0.3, -0.25) is 14.4 Å². The van der Waals surface area contributed by atoms with E-state index in [9.17, 15) is 24.0 Å². The maximum atomic E-state index is 11.8. The van der Waals surface area contributed by atoms with Crippen LogP contribution in [-0.4, -0.2) is 164 Å². The normalized spacial score (nSPS) is 10.5. The van der Waals surface area contributed by atoms with Gasteiger partial charge in [-0.2, -0.15) is 28.8 Å². The predicted molar refractivity (Wildman–Crippen MR) is 317 cm³/mol. The number of amides is 4. The average Bonchev–Trinajstić information content (AvgIpc) is 3.42. The minimum Gasteiger partial charge on any atom is -0.478 e. The minimum absolute atomic E-state index is 0.0227. The molecule has 0 heterocycles. The van der Waals surface area contributed by atoms with Crippen molar-refractivity contribution in [2.24, 2.45) is 22.9 Å². The number of carboxylic acids is 1. The van der Waals surface area contributed by atoms with Gasteiger partial charge in [-0.05, 0) is 98.6 Å². The number of carbonyl (C=O) groups is 5. The first-order valence-corrected chi connectivity index (χ1v) is 26.8. The van der Waals surface area contributed by atoms with Gasteiger partial charge < -0.3 is 73.0 Å². The topological polar surface area (TPSA) is 406 Å². The second-order valence-electron chi connectivity index (χ2n) is 16.0. The van der Waals surface area contributed by atoms with Crippen molar-refractivity contribution in [3.63, 3.8) is 0 Å². The smallest absolute Gasteiger partial charge is 0.407 e. The average molecular weight is 1180 g/mol. The van der Waals surface area contributed by atoms with Crippen LogP contribution in [0.5, 0.6) is 0 Å². The molecule has 0 saturated heterocycles. The molecular formula is C58H100N8O17. The van der Waals surface area contributed by atoms with Crippen molar-refractivity contribution < 1.29 is 81.5 Å². The summed E-state index contributed by atoms with van der Waals surface area (Å²) in [4.78, 5) is 103. The molecule has 0 aliphatic heterocycles. The number of hydrogen-bond donors (Lipinski definition) is 9. The SMILES string of the molecule is C/C=C/C(=O)NCCOCCN.C/C=C/C(=O)NCCOCCNC(=O)CC/C=C\C/C=C\C/C=C\C/C=C\C/C=C\C/C=C\CC.C/C=C/C(=O)O.CC(C)(C)OC(=O)NCCOCCN.NCCOCCN.O=C=O.O=C=O.O=C=O. The zero-order valence-corrected chi connectivity index (χ0v) is 50.2. The van der Waals surface area contributed by atoms with Gasteiger partial charge >= 0.3 is 30.5 Å². The van der Waals surface area contributed by atoms with E-state index in [1.165, 1.54) is 18.2 Å². The van der Waals surface area contributed by atoms with Crippen molar-refractivity contribution >= 4 is 48.2 Å². The first-order valence-electron chi connectivity index (χ1n) is 26.8. The van der Waals surface area contributed by atoms with Crippen LogP contribution >= 0.6 is 0 Å². The second-order valence-corrected chi connectivity index (χ2v) is 16.0. The minimum atomic E-state index is -0.891. The summed E-state index contributed by atoms with van der Waals surface area (Å²) < 4.78 is 25.4. The van der Waals surface area contributed by atoms with Crippen molar-refractivity contribution in [2.75, 3.05) is 105 Å². The number of rotatable bonds is 37. The maximum absolute atomic E-state index is 11.8. The fourth-order valence-electron chi connectivity index (χ4n) is 4.54. The van der Waals surface area contributed by atoms with E-state index in [0.29, 0.717) is 112 Å². The third-order valence-electron chi connectivity index (χ3n) is 7.70. The lowest BCUT2D eigenvalue weighted by Crippen LogP contribution is -2.34. The van der Waals surface area contributed by atoms with Crippen LogP contribution < -0.4 is 44.2 Å². The third-order valence-corrected chi connectivity index (χ3v) is 7.70. The summed E-state index contributed by atoms with van der Waals surface area (Å²) in [5.74, 6) is -1.08. The molecule has 0 rings (SSSR count). The lowest BCUT2D eigenvalue weighted by Gasteiger charge is -2.19. The molecule has 0 aliphatic carbocycles. The van der Waals surface area contributed by atoms with Gasteiger partial charge in [-0.15, -0.1) is 0 Å². The number of nitrogens with two attached hydrogens (primary N) is 4. The number of hydrogen-bond acceptors (Lipinski definition) is 20. The molecule has 25 nitrogen and oxygen atoms in total. The molecule has 474 valence electrons. The van der Waals surface area contributed by atoms with Gasteiger partial charge in [0.2, 0.25) is 17.7 Å². The highest BCUT2D eigenvalue weighted by Gasteiger charge is 2.15. The molecule has 0 aromatic rings. The Labute approximate surface area is 492 Å². The molecule has 0 radical (unpaired) electrons. The largest absolute Gasteiger partial charge is 0.478 e. The molecule has 0 aromatic carbocycles. The molecule has 0 aliphatic rings. The molecule has 0 bridgehead atoms. The number of carbonyl (C=O) groups excluding carboxylic acids is 10. The highest BCUT2D eigenvalue weighted by Crippen LogP contribution is 2.06. The van der Waals surface area contributed by atoms with E-state index in [-0.39, 0.29) is 36.2 Å². The number of ether oxygens (including phenoxy) is 5. The molecule has 0 spiro atoms. The number of nitrogens with one attached hydrogen (secondary N) is 4. The van der Waals surface area contributed by atoms with Crippen molar-refractivity contribution in [1.29, 1.82) is 0 Å². The van der Waals surface area contributed by atoms with Gasteiger partial charge in [0.1, 0.15) is 5.60 Å². The lowest BCUT2D eigenvalue weighted by atomic mass is 10.2. The van der Waals surface area contributed by atoms with Crippen molar-refractivity contribution in [1.82, 2.24) is 21.3 Å². The van der Waals surface area contributed by atoms with Crippen LogP contribution in [0.2, 0.25) is 0 Å². The highest BCUT2D eigenvalue weighted by atomic mass is 16.6. The molecule has 13 N–H and O–H groups in total. The molecule has 4 amide bonds. The fraction of sp³-hybridized carbons (Fsp3) is 0.552. The predicted octanol–water partition coefficient (Wildman–Crippen LogP) is 4.25. The first-order chi connectivity index (χ1) is 39.9.